The van der Waals surface area contributed by atoms with Gasteiger partial charge < -0.3 is 0 Å². The molecule has 3 rings (SSSR count). The van der Waals surface area contributed by atoms with E-state index >= 15 is 0 Å². The molecule has 0 radical (unpaired) electrons. The zero-order valence-electron chi connectivity index (χ0n) is 10.7. The lowest BCUT2D eigenvalue weighted by atomic mass is 10.1. The number of thioether (sulfide) groups is 1. The second kappa shape index (κ2) is 5.43. The second-order valence-electron chi connectivity index (χ2n) is 4.90. The summed E-state index contributed by atoms with van der Waals surface area (Å²) in [4.78, 5) is 0. The Kier molecular flexibility index (Phi) is 3.83. The lowest BCUT2D eigenvalue weighted by molar-refractivity contribution is 0.633. The highest BCUT2D eigenvalue weighted by atomic mass is 35.5. The molecule has 1 saturated heterocycles. The third kappa shape index (κ3) is 2.67. The summed E-state index contributed by atoms with van der Waals surface area (Å²) >= 11 is 10.1. The van der Waals surface area contributed by atoms with Gasteiger partial charge in [-0.1, -0.05) is 41.7 Å². The van der Waals surface area contributed by atoms with Gasteiger partial charge in [-0.15, -0.1) is 33.6 Å². The van der Waals surface area contributed by atoms with Crippen molar-refractivity contribution in [1.29, 1.82) is 0 Å². The van der Waals surface area contributed by atoms with Crippen molar-refractivity contribution in [2.45, 2.75) is 29.9 Å². The van der Waals surface area contributed by atoms with Gasteiger partial charge in [-0.25, -0.2) is 0 Å². The molecular weight excluding hydrogens is 296 g/mol. The lowest BCUT2D eigenvalue weighted by Crippen LogP contribution is -2.11. The average molecular weight is 311 g/mol. The van der Waals surface area contributed by atoms with Crippen LogP contribution in [-0.2, 0) is 4.75 Å². The molecule has 1 aromatic carbocycles. The number of halogens is 1. The quantitative estimate of drug-likeness (QED) is 0.774. The van der Waals surface area contributed by atoms with E-state index in [4.69, 9.17) is 11.6 Å². The molecule has 2 atom stereocenters. The minimum absolute atomic E-state index is 0.142. The molecule has 1 aromatic heterocycles. The van der Waals surface area contributed by atoms with Crippen LogP contribution in [0.1, 0.15) is 40.7 Å². The molecule has 0 aliphatic carbocycles. The van der Waals surface area contributed by atoms with Crippen LogP contribution in [0.15, 0.2) is 30.3 Å². The zero-order valence-corrected chi connectivity index (χ0v) is 13.1. The fourth-order valence-corrected chi connectivity index (χ4v) is 5.00. The molecule has 1 fully saturated rings. The van der Waals surface area contributed by atoms with E-state index in [1.165, 1.54) is 18.6 Å². The van der Waals surface area contributed by atoms with Crippen LogP contribution in [0.25, 0.3) is 0 Å². The fraction of sp³-hybridized carbons (Fsp3) is 0.429. The van der Waals surface area contributed by atoms with Crippen molar-refractivity contribution in [2.75, 3.05) is 5.75 Å². The summed E-state index contributed by atoms with van der Waals surface area (Å²) in [6.45, 7) is 2.26. The number of alkyl halides is 1. The minimum atomic E-state index is -0.192. The van der Waals surface area contributed by atoms with E-state index in [-0.39, 0.29) is 10.1 Å². The third-order valence-corrected chi connectivity index (χ3v) is 6.92. The van der Waals surface area contributed by atoms with E-state index in [2.05, 4.69) is 17.1 Å². The van der Waals surface area contributed by atoms with Gasteiger partial charge in [-0.3, -0.25) is 0 Å². The maximum absolute atomic E-state index is 6.50. The smallest absolute Gasteiger partial charge is 0.139 e. The van der Waals surface area contributed by atoms with Crippen LogP contribution in [0.3, 0.4) is 0 Å². The Bertz CT molecular complexity index is 550. The first-order chi connectivity index (χ1) is 9.19. The molecule has 2 heterocycles. The SMILES string of the molecule is CC1(c2nnc(C(Cl)c3ccccc3)s2)CCCS1. The summed E-state index contributed by atoms with van der Waals surface area (Å²) in [7, 11) is 0. The molecule has 5 heteroatoms. The van der Waals surface area contributed by atoms with E-state index < -0.39 is 0 Å². The van der Waals surface area contributed by atoms with E-state index in [1.807, 2.05) is 42.1 Å². The summed E-state index contributed by atoms with van der Waals surface area (Å²) in [5.74, 6) is 1.22. The summed E-state index contributed by atoms with van der Waals surface area (Å²) in [6, 6.07) is 10.1. The molecular formula is C14H15ClN2S2. The minimum Gasteiger partial charge on any atom is -0.148 e. The highest BCUT2D eigenvalue weighted by Gasteiger charge is 2.35. The van der Waals surface area contributed by atoms with Crippen LogP contribution in [0.5, 0.6) is 0 Å². The monoisotopic (exact) mass is 310 g/mol. The van der Waals surface area contributed by atoms with Crippen molar-refractivity contribution in [1.82, 2.24) is 10.2 Å². The predicted molar refractivity (Wildman–Crippen MR) is 83.1 cm³/mol. The van der Waals surface area contributed by atoms with Gasteiger partial charge >= 0.3 is 0 Å². The highest BCUT2D eigenvalue weighted by molar-refractivity contribution is 8.00. The van der Waals surface area contributed by atoms with Crippen LogP contribution >= 0.6 is 34.7 Å². The Hall–Kier alpha value is -0.580. The second-order valence-corrected chi connectivity index (χ2v) is 7.95. The maximum atomic E-state index is 6.50. The van der Waals surface area contributed by atoms with Gasteiger partial charge in [-0.05, 0) is 31.1 Å². The van der Waals surface area contributed by atoms with Gasteiger partial charge in [0.05, 0.1) is 4.75 Å². The Morgan fingerprint density at radius 1 is 1.26 bits per heavy atom. The summed E-state index contributed by atoms with van der Waals surface area (Å²) in [5, 5.41) is 10.5. The largest absolute Gasteiger partial charge is 0.148 e. The number of hydrogen-bond donors (Lipinski definition) is 0. The number of hydrogen-bond acceptors (Lipinski definition) is 4. The van der Waals surface area contributed by atoms with Crippen LogP contribution in [0.4, 0.5) is 0 Å². The predicted octanol–water partition coefficient (Wildman–Crippen LogP) is 4.61. The number of aromatic nitrogens is 2. The molecule has 0 saturated carbocycles. The Labute approximate surface area is 126 Å². The van der Waals surface area contributed by atoms with E-state index in [0.717, 1.165) is 15.6 Å². The lowest BCUT2D eigenvalue weighted by Gasteiger charge is -2.17. The standard InChI is InChI=1S/C14H15ClN2S2/c1-14(8-5-9-18-14)13-17-16-12(19-13)11(15)10-6-3-2-4-7-10/h2-4,6-7,11H,5,8-9H2,1H3. The van der Waals surface area contributed by atoms with Gasteiger partial charge in [-0.2, -0.15) is 0 Å². The van der Waals surface area contributed by atoms with Gasteiger partial charge in [0.2, 0.25) is 0 Å². The normalized spacial score (nSPS) is 24.5. The molecule has 100 valence electrons. The van der Waals surface area contributed by atoms with Crippen LogP contribution in [0, 0.1) is 0 Å². The molecule has 2 nitrogen and oxygen atoms in total. The molecule has 1 aliphatic rings. The molecule has 2 unspecified atom stereocenters. The van der Waals surface area contributed by atoms with Crippen LogP contribution < -0.4 is 0 Å². The first-order valence-electron chi connectivity index (χ1n) is 6.36. The molecule has 19 heavy (non-hydrogen) atoms. The molecule has 0 N–H and O–H groups in total. The number of benzene rings is 1. The molecule has 0 bridgehead atoms. The zero-order chi connectivity index (χ0) is 13.3. The van der Waals surface area contributed by atoms with Crippen molar-refractivity contribution in [2.24, 2.45) is 0 Å². The van der Waals surface area contributed by atoms with E-state index in [1.54, 1.807) is 11.3 Å². The van der Waals surface area contributed by atoms with Crippen molar-refractivity contribution in [3.63, 3.8) is 0 Å². The van der Waals surface area contributed by atoms with Crippen molar-refractivity contribution >= 4 is 34.7 Å². The molecule has 1 aliphatic heterocycles. The van der Waals surface area contributed by atoms with Gasteiger partial charge in [0.25, 0.3) is 0 Å². The topological polar surface area (TPSA) is 25.8 Å². The first-order valence-corrected chi connectivity index (χ1v) is 8.60. The first kappa shape index (κ1) is 13.4. The summed E-state index contributed by atoms with van der Waals surface area (Å²) in [6.07, 6.45) is 2.45. The highest BCUT2D eigenvalue weighted by Crippen LogP contribution is 2.48. The van der Waals surface area contributed by atoms with Gasteiger partial charge in [0.15, 0.2) is 0 Å². The Balaban J connectivity index is 1.85. The summed E-state index contributed by atoms with van der Waals surface area (Å²) < 4.78 is 0.142. The maximum Gasteiger partial charge on any atom is 0.139 e. The van der Waals surface area contributed by atoms with Crippen molar-refractivity contribution in [3.8, 4) is 0 Å². The molecule has 0 spiro atoms. The van der Waals surface area contributed by atoms with Gasteiger partial charge in [0.1, 0.15) is 15.4 Å². The van der Waals surface area contributed by atoms with Gasteiger partial charge in [0, 0.05) is 0 Å². The fourth-order valence-electron chi connectivity index (χ4n) is 2.26. The number of nitrogens with zero attached hydrogens (tertiary/aromatic N) is 2. The van der Waals surface area contributed by atoms with Crippen LogP contribution in [0.2, 0.25) is 0 Å². The van der Waals surface area contributed by atoms with E-state index in [9.17, 15) is 0 Å². The summed E-state index contributed by atoms with van der Waals surface area (Å²) in [5.41, 5.74) is 1.08. The molecule has 0 amide bonds. The van der Waals surface area contributed by atoms with E-state index in [0.29, 0.717) is 0 Å². The Morgan fingerprint density at radius 3 is 2.74 bits per heavy atom. The van der Waals surface area contributed by atoms with Crippen molar-refractivity contribution in [3.05, 3.63) is 45.9 Å². The molecule has 2 aromatic rings. The average Bonchev–Trinajstić information content (AvgIpc) is 3.08. The van der Waals surface area contributed by atoms with Crippen molar-refractivity contribution < 1.29 is 0 Å². The number of rotatable bonds is 3. The Morgan fingerprint density at radius 2 is 2.05 bits per heavy atom. The van der Waals surface area contributed by atoms with Crippen LogP contribution in [-0.4, -0.2) is 16.0 Å². The third-order valence-electron chi connectivity index (χ3n) is 3.42.